The summed E-state index contributed by atoms with van der Waals surface area (Å²) in [6, 6.07) is 12.9. The Morgan fingerprint density at radius 1 is 1.05 bits per heavy atom. The quantitative estimate of drug-likeness (QED) is 0.807. The van der Waals surface area contributed by atoms with E-state index in [-0.39, 0.29) is 0 Å². The van der Waals surface area contributed by atoms with Gasteiger partial charge in [-0.3, -0.25) is 0 Å². The molecule has 2 N–H and O–H groups in total. The molecule has 0 spiro atoms. The van der Waals surface area contributed by atoms with Crippen molar-refractivity contribution in [3.63, 3.8) is 0 Å². The number of rotatable bonds is 4. The molecule has 0 amide bonds. The summed E-state index contributed by atoms with van der Waals surface area (Å²) in [5.41, 5.74) is 6.20. The third-order valence-electron chi connectivity index (χ3n) is 2.81. The lowest BCUT2D eigenvalue weighted by Crippen LogP contribution is -2.20. The number of alkyl halides is 3. The molecular formula is C15H13ClF3NS. The van der Waals surface area contributed by atoms with Crippen LogP contribution in [0.2, 0.25) is 5.02 Å². The first-order valence-corrected chi connectivity index (χ1v) is 7.39. The van der Waals surface area contributed by atoms with Crippen LogP contribution in [-0.2, 0) is 0 Å². The second kappa shape index (κ2) is 6.73. The van der Waals surface area contributed by atoms with Gasteiger partial charge in [0.1, 0.15) is 0 Å². The van der Waals surface area contributed by atoms with E-state index >= 15 is 0 Å². The first-order chi connectivity index (χ1) is 9.85. The molecule has 2 aromatic carbocycles. The summed E-state index contributed by atoms with van der Waals surface area (Å²) < 4.78 is 37.5. The fraction of sp³-hybridized carbons (Fsp3) is 0.200. The van der Waals surface area contributed by atoms with E-state index in [2.05, 4.69) is 0 Å². The van der Waals surface area contributed by atoms with Crippen LogP contribution in [0.15, 0.2) is 58.3 Å². The van der Waals surface area contributed by atoms with Gasteiger partial charge in [0, 0.05) is 20.9 Å². The third kappa shape index (κ3) is 4.95. The van der Waals surface area contributed by atoms with Gasteiger partial charge in [0.15, 0.2) is 0 Å². The highest BCUT2D eigenvalue weighted by Crippen LogP contribution is 2.36. The summed E-state index contributed by atoms with van der Waals surface area (Å²) in [6.45, 7) is 0. The van der Waals surface area contributed by atoms with Gasteiger partial charge in [0.25, 0.3) is 0 Å². The Kier molecular flexibility index (Phi) is 5.19. The fourth-order valence-corrected chi connectivity index (χ4v) is 3.00. The summed E-state index contributed by atoms with van der Waals surface area (Å²) in [5.74, 6) is 0. The maximum atomic E-state index is 12.5. The number of halogens is 4. The molecular weight excluding hydrogens is 319 g/mol. The van der Waals surface area contributed by atoms with Gasteiger partial charge in [-0.2, -0.15) is 13.2 Å². The third-order valence-corrected chi connectivity index (χ3v) is 4.16. The van der Waals surface area contributed by atoms with Crippen LogP contribution in [0.5, 0.6) is 0 Å². The van der Waals surface area contributed by atoms with Crippen molar-refractivity contribution in [3.05, 3.63) is 59.1 Å². The predicted molar refractivity (Wildman–Crippen MR) is 79.6 cm³/mol. The van der Waals surface area contributed by atoms with Crippen molar-refractivity contribution in [2.24, 2.45) is 5.73 Å². The minimum Gasteiger partial charge on any atom is -0.324 e. The summed E-state index contributed by atoms with van der Waals surface area (Å²) in [6.07, 6.45) is -5.32. The van der Waals surface area contributed by atoms with Crippen LogP contribution in [-0.4, -0.2) is 6.18 Å². The molecule has 2 rings (SSSR count). The lowest BCUT2D eigenvalue weighted by Gasteiger charge is -2.17. The molecule has 0 unspecified atom stereocenters. The smallest absolute Gasteiger partial charge is 0.324 e. The molecule has 0 aliphatic heterocycles. The van der Waals surface area contributed by atoms with Gasteiger partial charge in [-0.05, 0) is 35.9 Å². The standard InChI is InChI=1S/C15H13ClF3NS/c16-10-5-7-11(8-6-10)21-14-4-2-1-3-12(14)13(20)9-15(17,18)19/h1-8,13H,9,20H2/t13-/m0/s1. The van der Waals surface area contributed by atoms with Crippen LogP contribution < -0.4 is 5.73 Å². The number of hydrogen-bond donors (Lipinski definition) is 1. The van der Waals surface area contributed by atoms with Gasteiger partial charge in [-0.25, -0.2) is 0 Å². The van der Waals surface area contributed by atoms with E-state index < -0.39 is 18.6 Å². The van der Waals surface area contributed by atoms with Gasteiger partial charge in [0.05, 0.1) is 6.42 Å². The molecule has 1 atom stereocenters. The van der Waals surface area contributed by atoms with Crippen LogP contribution in [0.4, 0.5) is 13.2 Å². The van der Waals surface area contributed by atoms with E-state index in [0.717, 1.165) is 9.79 Å². The van der Waals surface area contributed by atoms with Crippen molar-refractivity contribution in [2.45, 2.75) is 28.4 Å². The summed E-state index contributed by atoms with van der Waals surface area (Å²) in [5, 5.41) is 0.612. The first kappa shape index (κ1) is 16.2. The summed E-state index contributed by atoms with van der Waals surface area (Å²) in [7, 11) is 0. The molecule has 0 aliphatic rings. The van der Waals surface area contributed by atoms with Crippen molar-refractivity contribution in [1.82, 2.24) is 0 Å². The minimum atomic E-state index is -4.28. The number of nitrogens with two attached hydrogens (primary N) is 1. The van der Waals surface area contributed by atoms with Gasteiger partial charge in [-0.1, -0.05) is 41.6 Å². The van der Waals surface area contributed by atoms with Crippen molar-refractivity contribution in [2.75, 3.05) is 0 Å². The highest BCUT2D eigenvalue weighted by atomic mass is 35.5. The summed E-state index contributed by atoms with van der Waals surface area (Å²) in [4.78, 5) is 1.61. The largest absolute Gasteiger partial charge is 0.390 e. The normalized spacial score (nSPS) is 13.2. The monoisotopic (exact) mass is 331 g/mol. The Hall–Kier alpha value is -1.17. The van der Waals surface area contributed by atoms with E-state index in [9.17, 15) is 13.2 Å². The van der Waals surface area contributed by atoms with Gasteiger partial charge < -0.3 is 5.73 Å². The Balaban J connectivity index is 2.22. The molecule has 2 aromatic rings. The van der Waals surface area contributed by atoms with Crippen LogP contribution in [0, 0.1) is 0 Å². The van der Waals surface area contributed by atoms with Gasteiger partial charge in [0.2, 0.25) is 0 Å². The molecule has 0 bridgehead atoms. The zero-order valence-corrected chi connectivity index (χ0v) is 12.5. The van der Waals surface area contributed by atoms with Crippen LogP contribution >= 0.6 is 23.4 Å². The lowest BCUT2D eigenvalue weighted by atomic mass is 10.0. The predicted octanol–water partition coefficient (Wildman–Crippen LogP) is 5.44. The first-order valence-electron chi connectivity index (χ1n) is 6.20. The number of hydrogen-bond acceptors (Lipinski definition) is 2. The highest BCUT2D eigenvalue weighted by molar-refractivity contribution is 7.99. The fourth-order valence-electron chi connectivity index (χ4n) is 1.87. The SMILES string of the molecule is N[C@@H](CC(F)(F)F)c1ccccc1Sc1ccc(Cl)cc1. The molecule has 0 fully saturated rings. The maximum absolute atomic E-state index is 12.5. The van der Waals surface area contributed by atoms with E-state index in [4.69, 9.17) is 17.3 Å². The molecule has 6 heteroatoms. The van der Waals surface area contributed by atoms with E-state index in [1.54, 1.807) is 36.4 Å². The highest BCUT2D eigenvalue weighted by Gasteiger charge is 2.31. The Morgan fingerprint density at radius 2 is 1.67 bits per heavy atom. The van der Waals surface area contributed by atoms with E-state index in [0.29, 0.717) is 10.6 Å². The average Bonchev–Trinajstić information content (AvgIpc) is 2.40. The zero-order chi connectivity index (χ0) is 15.5. The second-order valence-electron chi connectivity index (χ2n) is 4.52. The molecule has 112 valence electrons. The summed E-state index contributed by atoms with van der Waals surface area (Å²) >= 11 is 7.19. The van der Waals surface area contributed by atoms with E-state index in [1.807, 2.05) is 12.1 Å². The molecule has 0 radical (unpaired) electrons. The van der Waals surface area contributed by atoms with Crippen LogP contribution in [0.25, 0.3) is 0 Å². The molecule has 0 saturated heterocycles. The Morgan fingerprint density at radius 3 is 2.29 bits per heavy atom. The van der Waals surface area contributed by atoms with E-state index in [1.165, 1.54) is 11.8 Å². The van der Waals surface area contributed by atoms with Crippen molar-refractivity contribution < 1.29 is 13.2 Å². The average molecular weight is 332 g/mol. The Bertz CT molecular complexity index is 599. The van der Waals surface area contributed by atoms with Gasteiger partial charge in [-0.15, -0.1) is 0 Å². The topological polar surface area (TPSA) is 26.0 Å². The van der Waals surface area contributed by atoms with Crippen molar-refractivity contribution >= 4 is 23.4 Å². The second-order valence-corrected chi connectivity index (χ2v) is 6.07. The molecule has 21 heavy (non-hydrogen) atoms. The number of benzene rings is 2. The van der Waals surface area contributed by atoms with Crippen LogP contribution in [0.3, 0.4) is 0 Å². The minimum absolute atomic E-state index is 0.495. The molecule has 1 nitrogen and oxygen atoms in total. The molecule has 0 saturated carbocycles. The van der Waals surface area contributed by atoms with Crippen molar-refractivity contribution in [1.29, 1.82) is 0 Å². The molecule has 0 heterocycles. The molecule has 0 aromatic heterocycles. The van der Waals surface area contributed by atoms with Crippen LogP contribution in [0.1, 0.15) is 18.0 Å². The van der Waals surface area contributed by atoms with Crippen molar-refractivity contribution in [3.8, 4) is 0 Å². The maximum Gasteiger partial charge on any atom is 0.390 e. The Labute approximate surface area is 130 Å². The van der Waals surface area contributed by atoms with Gasteiger partial charge >= 0.3 is 6.18 Å². The zero-order valence-electron chi connectivity index (χ0n) is 10.9. The molecule has 0 aliphatic carbocycles. The lowest BCUT2D eigenvalue weighted by molar-refractivity contribution is -0.138.